The van der Waals surface area contributed by atoms with Gasteiger partial charge < -0.3 is 24.2 Å². The average molecular weight is 474 g/mol. The van der Waals surface area contributed by atoms with E-state index in [-0.39, 0.29) is 22.9 Å². The van der Waals surface area contributed by atoms with E-state index in [1.165, 1.54) is 11.3 Å². The van der Waals surface area contributed by atoms with Gasteiger partial charge >= 0.3 is 6.16 Å². The zero-order chi connectivity index (χ0) is 23.6. The first kappa shape index (κ1) is 23.7. The summed E-state index contributed by atoms with van der Waals surface area (Å²) in [5.74, 6) is -0.253. The summed E-state index contributed by atoms with van der Waals surface area (Å²) in [4.78, 5) is 27.9. The summed E-state index contributed by atoms with van der Waals surface area (Å²) in [5, 5.41) is 9.56. The topological polar surface area (TPSA) is 85.3 Å². The van der Waals surface area contributed by atoms with E-state index in [9.17, 15) is 14.7 Å². The van der Waals surface area contributed by atoms with Crippen LogP contribution in [-0.4, -0.2) is 42.2 Å². The SMILES string of the molecule is CC1CCC(C(=O)N(c2cc(-c3ccccc3)sc2OC(=O)O)C2COC(C)(C)OC2)CC1. The average Bonchev–Trinajstić information content (AvgIpc) is 3.18. The number of hydrogen-bond acceptors (Lipinski definition) is 6. The molecule has 1 saturated heterocycles. The lowest BCUT2D eigenvalue weighted by atomic mass is 9.82. The van der Waals surface area contributed by atoms with E-state index in [2.05, 4.69) is 6.92 Å². The third kappa shape index (κ3) is 5.57. The summed E-state index contributed by atoms with van der Waals surface area (Å²) in [6, 6.07) is 11.1. The van der Waals surface area contributed by atoms with Crippen molar-refractivity contribution in [1.29, 1.82) is 0 Å². The Morgan fingerprint density at radius 3 is 2.33 bits per heavy atom. The highest BCUT2D eigenvalue weighted by Gasteiger charge is 2.39. The molecular weight excluding hydrogens is 442 g/mol. The Hall–Kier alpha value is -2.42. The van der Waals surface area contributed by atoms with Gasteiger partial charge in [-0.1, -0.05) is 48.6 Å². The molecule has 1 amide bonds. The van der Waals surface area contributed by atoms with Crippen LogP contribution in [-0.2, 0) is 14.3 Å². The standard InChI is InChI=1S/C25H31NO6S/c1-16-9-11-18(12-10-16)22(27)26(19-14-30-25(2,3)31-15-19)20-13-21(17-7-5-4-6-8-17)33-23(20)32-24(28)29/h4-8,13,16,18-19H,9-12,14-15H2,1-3H3,(H,28,29). The van der Waals surface area contributed by atoms with Crippen LogP contribution < -0.4 is 9.64 Å². The maximum absolute atomic E-state index is 13.9. The minimum Gasteiger partial charge on any atom is -0.449 e. The van der Waals surface area contributed by atoms with Crippen molar-refractivity contribution in [2.75, 3.05) is 18.1 Å². The van der Waals surface area contributed by atoms with Crippen LogP contribution in [0.2, 0.25) is 0 Å². The second-order valence-corrected chi connectivity index (χ2v) is 10.4. The van der Waals surface area contributed by atoms with Crippen LogP contribution in [0.3, 0.4) is 0 Å². The van der Waals surface area contributed by atoms with Gasteiger partial charge in [-0.3, -0.25) is 4.79 Å². The number of amides is 1. The van der Waals surface area contributed by atoms with Crippen LogP contribution in [0.1, 0.15) is 46.5 Å². The summed E-state index contributed by atoms with van der Waals surface area (Å²) < 4.78 is 16.9. The van der Waals surface area contributed by atoms with E-state index < -0.39 is 11.9 Å². The predicted molar refractivity (Wildman–Crippen MR) is 127 cm³/mol. The molecule has 0 spiro atoms. The van der Waals surface area contributed by atoms with E-state index in [0.29, 0.717) is 24.8 Å². The van der Waals surface area contributed by atoms with Gasteiger partial charge in [-0.05, 0) is 57.1 Å². The number of hydrogen-bond donors (Lipinski definition) is 1. The van der Waals surface area contributed by atoms with Crippen LogP contribution in [0.4, 0.5) is 10.5 Å². The van der Waals surface area contributed by atoms with Crippen molar-refractivity contribution >= 4 is 29.1 Å². The molecule has 1 aliphatic carbocycles. The summed E-state index contributed by atoms with van der Waals surface area (Å²) in [7, 11) is 0. The third-order valence-electron chi connectivity index (χ3n) is 6.39. The van der Waals surface area contributed by atoms with Crippen molar-refractivity contribution in [3.8, 4) is 15.5 Å². The molecule has 33 heavy (non-hydrogen) atoms. The van der Waals surface area contributed by atoms with Gasteiger partial charge in [-0.25, -0.2) is 4.79 Å². The first-order valence-electron chi connectivity index (χ1n) is 11.4. The molecule has 1 aromatic carbocycles. The molecule has 2 heterocycles. The molecule has 0 unspecified atom stereocenters. The lowest BCUT2D eigenvalue weighted by Crippen LogP contribution is -2.54. The molecule has 0 bridgehead atoms. The van der Waals surface area contributed by atoms with E-state index in [1.54, 1.807) is 4.90 Å². The van der Waals surface area contributed by atoms with Crippen LogP contribution in [0.5, 0.6) is 5.06 Å². The zero-order valence-electron chi connectivity index (χ0n) is 19.3. The Morgan fingerprint density at radius 1 is 1.09 bits per heavy atom. The van der Waals surface area contributed by atoms with E-state index in [0.717, 1.165) is 36.1 Å². The summed E-state index contributed by atoms with van der Waals surface area (Å²) in [6.07, 6.45) is 2.25. The number of thiophene rings is 1. The van der Waals surface area contributed by atoms with Gasteiger partial charge in [0, 0.05) is 10.8 Å². The molecule has 1 saturated carbocycles. The number of ether oxygens (including phenoxy) is 3. The number of benzene rings is 1. The number of carbonyl (C=O) groups is 2. The van der Waals surface area contributed by atoms with E-state index in [1.807, 2.05) is 50.2 Å². The molecule has 1 N–H and O–H groups in total. The molecule has 0 radical (unpaired) electrons. The highest BCUT2D eigenvalue weighted by atomic mass is 32.1. The second-order valence-electron chi connectivity index (χ2n) is 9.36. The van der Waals surface area contributed by atoms with Crippen molar-refractivity contribution in [3.63, 3.8) is 0 Å². The molecular formula is C25H31NO6S. The number of nitrogens with zero attached hydrogens (tertiary/aromatic N) is 1. The second kappa shape index (κ2) is 9.83. The predicted octanol–water partition coefficient (Wildman–Crippen LogP) is 5.78. The lowest BCUT2D eigenvalue weighted by molar-refractivity contribution is -0.250. The van der Waals surface area contributed by atoms with Crippen molar-refractivity contribution in [2.45, 2.75) is 58.3 Å². The molecule has 178 valence electrons. The van der Waals surface area contributed by atoms with Gasteiger partial charge in [0.25, 0.3) is 0 Å². The Labute approximate surface area is 198 Å². The van der Waals surface area contributed by atoms with Crippen LogP contribution in [0.25, 0.3) is 10.4 Å². The highest BCUT2D eigenvalue weighted by molar-refractivity contribution is 7.18. The number of anilines is 1. The zero-order valence-corrected chi connectivity index (χ0v) is 20.1. The van der Waals surface area contributed by atoms with Crippen molar-refractivity contribution < 1.29 is 28.9 Å². The fraction of sp³-hybridized carbons (Fsp3) is 0.520. The smallest absolute Gasteiger partial charge is 0.449 e. The first-order chi connectivity index (χ1) is 15.7. The van der Waals surface area contributed by atoms with Gasteiger partial charge in [0.05, 0.1) is 24.9 Å². The van der Waals surface area contributed by atoms with Gasteiger partial charge in [0.1, 0.15) is 0 Å². The molecule has 1 aromatic heterocycles. The number of carboxylic acid groups (broad SMARTS) is 1. The fourth-order valence-corrected chi connectivity index (χ4v) is 5.46. The van der Waals surface area contributed by atoms with Gasteiger partial charge in [0.15, 0.2) is 5.79 Å². The molecule has 8 heteroatoms. The summed E-state index contributed by atoms with van der Waals surface area (Å²) in [5.41, 5.74) is 1.39. The molecule has 2 aliphatic rings. The highest BCUT2D eigenvalue weighted by Crippen LogP contribution is 2.45. The molecule has 1 aliphatic heterocycles. The normalized spacial score (nSPS) is 23.1. The maximum Gasteiger partial charge on any atom is 0.512 e. The van der Waals surface area contributed by atoms with E-state index in [4.69, 9.17) is 14.2 Å². The Bertz CT molecular complexity index is 970. The van der Waals surface area contributed by atoms with Gasteiger partial charge in [-0.2, -0.15) is 0 Å². The lowest BCUT2D eigenvalue weighted by Gasteiger charge is -2.41. The number of rotatable bonds is 5. The fourth-order valence-electron chi connectivity index (χ4n) is 4.46. The van der Waals surface area contributed by atoms with Crippen LogP contribution in [0.15, 0.2) is 36.4 Å². The minimum atomic E-state index is -1.41. The number of carbonyl (C=O) groups excluding carboxylic acids is 1. The van der Waals surface area contributed by atoms with E-state index >= 15 is 0 Å². The quantitative estimate of drug-likeness (QED) is 0.554. The largest absolute Gasteiger partial charge is 0.512 e. The van der Waals surface area contributed by atoms with Crippen LogP contribution in [0, 0.1) is 11.8 Å². The summed E-state index contributed by atoms with van der Waals surface area (Å²) >= 11 is 1.22. The Kier molecular flexibility index (Phi) is 7.07. The molecule has 7 nitrogen and oxygen atoms in total. The Balaban J connectivity index is 1.73. The molecule has 2 aromatic rings. The molecule has 4 rings (SSSR count). The Morgan fingerprint density at radius 2 is 1.73 bits per heavy atom. The van der Waals surface area contributed by atoms with Gasteiger partial charge in [0.2, 0.25) is 11.0 Å². The first-order valence-corrected chi connectivity index (χ1v) is 12.3. The monoisotopic (exact) mass is 473 g/mol. The third-order valence-corrected chi connectivity index (χ3v) is 7.44. The van der Waals surface area contributed by atoms with Gasteiger partial charge in [-0.15, -0.1) is 0 Å². The summed E-state index contributed by atoms with van der Waals surface area (Å²) in [6.45, 7) is 6.49. The van der Waals surface area contributed by atoms with Crippen molar-refractivity contribution in [2.24, 2.45) is 11.8 Å². The molecule has 0 atom stereocenters. The molecule has 2 fully saturated rings. The van der Waals surface area contributed by atoms with Crippen molar-refractivity contribution in [3.05, 3.63) is 36.4 Å². The minimum absolute atomic E-state index is 0.0218. The van der Waals surface area contributed by atoms with Crippen LogP contribution >= 0.6 is 11.3 Å². The van der Waals surface area contributed by atoms with Crippen molar-refractivity contribution in [1.82, 2.24) is 0 Å². The maximum atomic E-state index is 13.9.